The van der Waals surface area contributed by atoms with E-state index in [9.17, 15) is 42.6 Å². The molecule has 14 nitrogen and oxygen atoms in total. The van der Waals surface area contributed by atoms with Crippen LogP contribution in [0.3, 0.4) is 0 Å². The van der Waals surface area contributed by atoms with Gasteiger partial charge < -0.3 is 40.5 Å². The number of aromatic nitrogens is 1. The topological polar surface area (TPSA) is 203 Å². The van der Waals surface area contributed by atoms with Crippen LogP contribution in [0.15, 0.2) is 72.2 Å². The average molecular weight is 989 g/mol. The maximum absolute atomic E-state index is 14.0. The Morgan fingerprint density at radius 2 is 1.63 bits per heavy atom. The molecule has 1 aliphatic heterocycles. The minimum atomic E-state index is -4.72. The number of likely N-dealkylation sites (tertiary alicyclic amines) is 1. The van der Waals surface area contributed by atoms with Gasteiger partial charge in [0.05, 0.1) is 39.4 Å². The predicted octanol–water partition coefficient (Wildman–Crippen LogP) is 7.65. The lowest BCUT2D eigenvalue weighted by Crippen LogP contribution is -2.74. The fourth-order valence-electron chi connectivity index (χ4n) is 9.81. The number of ether oxygens (including phenoxy) is 2. The van der Waals surface area contributed by atoms with E-state index in [0.29, 0.717) is 24.2 Å². The zero-order chi connectivity index (χ0) is 51.3. The van der Waals surface area contributed by atoms with E-state index in [4.69, 9.17) is 14.7 Å². The van der Waals surface area contributed by atoms with Crippen LogP contribution >= 0.6 is 11.3 Å². The quantitative estimate of drug-likeness (QED) is 0.0487. The van der Waals surface area contributed by atoms with E-state index in [1.165, 1.54) is 22.3 Å². The Labute approximate surface area is 411 Å². The highest BCUT2D eigenvalue weighted by molar-refractivity contribution is 7.13. The van der Waals surface area contributed by atoms with E-state index < -0.39 is 81.8 Å². The Morgan fingerprint density at radius 1 is 0.957 bits per heavy atom. The number of β-amino-alcohol motifs (C(OH)–C–C–N with tert-alkyl or cyclic N) is 1. The normalized spacial score (nSPS) is 20.4. The highest BCUT2D eigenvalue weighted by Gasteiger charge is 2.64. The summed E-state index contributed by atoms with van der Waals surface area (Å²) in [6.07, 6.45) is -4.58. The van der Waals surface area contributed by atoms with E-state index in [-0.39, 0.29) is 37.3 Å². The zero-order valence-electron chi connectivity index (χ0n) is 40.8. The second kappa shape index (κ2) is 21.6. The number of benzene rings is 3. The summed E-state index contributed by atoms with van der Waals surface area (Å²) in [5.41, 5.74) is 1.91. The van der Waals surface area contributed by atoms with Gasteiger partial charge >= 0.3 is 6.18 Å². The van der Waals surface area contributed by atoms with E-state index in [2.05, 4.69) is 20.9 Å². The van der Waals surface area contributed by atoms with Gasteiger partial charge in [-0.25, -0.2) is 4.98 Å². The van der Waals surface area contributed by atoms with E-state index in [1.807, 2.05) is 58.9 Å². The number of rotatable bonds is 18. The number of thiazole rings is 1. The molecule has 4 atom stereocenters. The molecule has 1 aliphatic carbocycles. The fraction of sp³-hybridized carbons (Fsp3) is 0.500. The Hall–Kier alpha value is -5.87. The van der Waals surface area contributed by atoms with Gasteiger partial charge in [-0.2, -0.15) is 18.4 Å². The highest BCUT2D eigenvalue weighted by Crippen LogP contribution is 2.56. The van der Waals surface area contributed by atoms with Crippen LogP contribution in [0.2, 0.25) is 0 Å². The number of aliphatic hydroxyl groups excluding tert-OH is 2. The van der Waals surface area contributed by atoms with Gasteiger partial charge in [-0.3, -0.25) is 19.2 Å². The van der Waals surface area contributed by atoms with Gasteiger partial charge in [0.2, 0.25) is 17.7 Å². The van der Waals surface area contributed by atoms with Crippen molar-refractivity contribution in [3.63, 3.8) is 0 Å². The first kappa shape index (κ1) is 53.5. The summed E-state index contributed by atoms with van der Waals surface area (Å²) in [5.74, 6) is -1.96. The lowest BCUT2D eigenvalue weighted by atomic mass is 9.49. The van der Waals surface area contributed by atoms with Crippen molar-refractivity contribution in [2.24, 2.45) is 16.2 Å². The summed E-state index contributed by atoms with van der Waals surface area (Å²) < 4.78 is 52.6. The minimum absolute atomic E-state index is 0.00549. The number of carbonyl (C=O) groups is 4. The number of amides is 4. The van der Waals surface area contributed by atoms with Crippen molar-refractivity contribution in [3.8, 4) is 22.3 Å². The van der Waals surface area contributed by atoms with Crippen LogP contribution in [0.5, 0.6) is 5.75 Å². The molecule has 6 rings (SSSR count). The number of nitrogens with zero attached hydrogens (tertiary/aromatic N) is 3. The van der Waals surface area contributed by atoms with Crippen LogP contribution in [-0.4, -0.2) is 93.8 Å². The summed E-state index contributed by atoms with van der Waals surface area (Å²) in [6.45, 7) is 14.7. The van der Waals surface area contributed by atoms with Crippen molar-refractivity contribution < 1.29 is 52.0 Å². The zero-order valence-corrected chi connectivity index (χ0v) is 41.6. The molecule has 0 spiro atoms. The fourth-order valence-corrected chi connectivity index (χ4v) is 10.6. The van der Waals surface area contributed by atoms with Crippen LogP contribution in [0.1, 0.15) is 119 Å². The third kappa shape index (κ3) is 12.3. The maximum Gasteiger partial charge on any atom is 0.417 e. The summed E-state index contributed by atoms with van der Waals surface area (Å²) >= 11 is 1.50. The highest BCUT2D eigenvalue weighted by atomic mass is 32.1. The van der Waals surface area contributed by atoms with Crippen molar-refractivity contribution in [1.82, 2.24) is 25.8 Å². The molecule has 70 heavy (non-hydrogen) atoms. The monoisotopic (exact) mass is 988 g/mol. The number of nitriles is 1. The first-order valence-corrected chi connectivity index (χ1v) is 24.2. The number of hydrogen-bond acceptors (Lipinski definition) is 11. The Kier molecular flexibility index (Phi) is 16.5. The molecule has 2 aliphatic rings. The third-order valence-corrected chi connectivity index (χ3v) is 14.3. The van der Waals surface area contributed by atoms with Crippen molar-refractivity contribution in [1.29, 1.82) is 5.26 Å². The van der Waals surface area contributed by atoms with Crippen molar-refractivity contribution in [2.45, 2.75) is 130 Å². The first-order valence-electron chi connectivity index (χ1n) is 23.3. The molecule has 18 heteroatoms. The number of carbonyl (C=O) groups excluding carboxylic acids is 4. The number of hydrogen-bond donors (Lipinski definition) is 5. The second-order valence-electron chi connectivity index (χ2n) is 20.5. The van der Waals surface area contributed by atoms with E-state index >= 15 is 0 Å². The van der Waals surface area contributed by atoms with Crippen molar-refractivity contribution >= 4 is 35.0 Å². The molecule has 2 fully saturated rings. The summed E-state index contributed by atoms with van der Waals surface area (Å²) in [5, 5.41) is 39.1. The number of unbranched alkanes of at least 4 members (excludes halogenated alkanes) is 2. The lowest BCUT2D eigenvalue weighted by Gasteiger charge is -2.63. The summed E-state index contributed by atoms with van der Waals surface area (Å²) in [7, 11) is 0. The van der Waals surface area contributed by atoms with Gasteiger partial charge in [0, 0.05) is 47.6 Å². The molecule has 1 saturated heterocycles. The molecule has 376 valence electrons. The molecule has 1 unspecified atom stereocenters. The molecule has 1 aromatic heterocycles. The van der Waals surface area contributed by atoms with Gasteiger partial charge in [0.1, 0.15) is 30.5 Å². The number of nitrogens with one attached hydrogen (secondary N) is 3. The molecule has 4 amide bonds. The van der Waals surface area contributed by atoms with Crippen LogP contribution in [0.4, 0.5) is 13.2 Å². The molecule has 1 saturated carbocycles. The second-order valence-corrected chi connectivity index (χ2v) is 21.3. The van der Waals surface area contributed by atoms with E-state index in [1.54, 1.807) is 56.6 Å². The molecule has 0 radical (unpaired) electrons. The summed E-state index contributed by atoms with van der Waals surface area (Å²) in [4.78, 5) is 60.5. The molecule has 4 aromatic rings. The number of aliphatic hydroxyl groups is 2. The van der Waals surface area contributed by atoms with Gasteiger partial charge in [-0.1, -0.05) is 91.3 Å². The van der Waals surface area contributed by atoms with Gasteiger partial charge in [-0.15, -0.1) is 11.3 Å². The molecule has 5 N–H and O–H groups in total. The standard InChI is InChI=1S/C52H63F3N6O8S/c1-30-41(70-29-57-30)32-17-19-34(20-18-32)43(64)59-45(66)39-24-36(62)27-61(39)46(67)42(49(2,3)4)58-40(63)28-68-23-11-9-10-12-31-13-15-33(16-14-31)44(65)60-47-50(5,6)48(51(47,7)8)69-37-22-21-35(26-56)38(25-37)52(53,54)55/h13-22,25,29,36,39,42-43,47-48,62,64H,9-12,23-24,27-28H2,1-8H3,(H,58,63)(H,59,66)(H,60,65)/t36-,39+,42?,43+,47?,48?/m1/s1. The van der Waals surface area contributed by atoms with Crippen LogP contribution in [0, 0.1) is 34.5 Å². The van der Waals surface area contributed by atoms with Crippen LogP contribution < -0.4 is 20.7 Å². The number of aryl methyl sites for hydroxylation is 2. The minimum Gasteiger partial charge on any atom is -0.489 e. The Morgan fingerprint density at radius 3 is 2.23 bits per heavy atom. The molecule has 3 aromatic carbocycles. The van der Waals surface area contributed by atoms with Crippen molar-refractivity contribution in [3.05, 3.63) is 106 Å². The molecule has 2 heterocycles. The van der Waals surface area contributed by atoms with Crippen LogP contribution in [0.25, 0.3) is 10.4 Å². The molecular formula is C52H63F3N6O8S. The average Bonchev–Trinajstić information content (AvgIpc) is 3.92. The maximum atomic E-state index is 14.0. The third-order valence-electron chi connectivity index (χ3n) is 13.3. The lowest BCUT2D eigenvalue weighted by molar-refractivity contribution is -0.164. The van der Waals surface area contributed by atoms with Gasteiger partial charge in [0.15, 0.2) is 6.23 Å². The van der Waals surface area contributed by atoms with Gasteiger partial charge in [0.25, 0.3) is 5.91 Å². The predicted molar refractivity (Wildman–Crippen MR) is 257 cm³/mol. The Bertz CT molecular complexity index is 2540. The smallest absolute Gasteiger partial charge is 0.417 e. The largest absolute Gasteiger partial charge is 0.489 e. The van der Waals surface area contributed by atoms with Gasteiger partial charge in [-0.05, 0) is 73.1 Å². The van der Waals surface area contributed by atoms with Crippen molar-refractivity contribution in [2.75, 3.05) is 19.8 Å². The SMILES string of the molecule is Cc1ncsc1-c1ccc([C@H](O)NC(=O)[C@@H]2C[C@@H](O)CN2C(=O)C(NC(=O)COCCCCCc2ccc(C(=O)NC3C(C)(C)C(Oc4ccc(C#N)c(C(F)(F)F)c4)C3(C)C)cc2)C(C)(C)C)cc1. The molecular weight excluding hydrogens is 926 g/mol. The van der Waals surface area contributed by atoms with Crippen LogP contribution in [-0.2, 0) is 31.7 Å². The number of halogens is 3. The first-order chi connectivity index (χ1) is 32.8. The number of alkyl halides is 3. The molecule has 0 bridgehead atoms. The Balaban J connectivity index is 0.912. The van der Waals surface area contributed by atoms with E-state index in [0.717, 1.165) is 53.1 Å². The summed E-state index contributed by atoms with van der Waals surface area (Å²) in [6, 6.07) is 16.7.